The van der Waals surface area contributed by atoms with Gasteiger partial charge in [0.05, 0.1) is 17.4 Å². The molecule has 1 atom stereocenters. The second kappa shape index (κ2) is 12.4. The highest BCUT2D eigenvalue weighted by molar-refractivity contribution is 6.95. The Kier molecular flexibility index (Phi) is 7.33. The van der Waals surface area contributed by atoms with E-state index in [-0.39, 0.29) is 23.6 Å². The van der Waals surface area contributed by atoms with Gasteiger partial charge in [0.2, 0.25) is 0 Å². The number of fused-ring (bicyclic) bond motifs is 5. The van der Waals surface area contributed by atoms with Gasteiger partial charge in [0.15, 0.2) is 0 Å². The first-order chi connectivity index (χ1) is 29.0. The van der Waals surface area contributed by atoms with Crippen molar-refractivity contribution < 1.29 is 4.74 Å². The van der Waals surface area contributed by atoms with Crippen LogP contribution >= 0.6 is 0 Å². The highest BCUT2D eigenvalue weighted by atomic mass is 16.5. The molecule has 0 bridgehead atoms. The number of allylic oxidation sites excluding steroid dienone is 1. The van der Waals surface area contributed by atoms with Gasteiger partial charge in [-0.15, -0.1) is 0 Å². The third kappa shape index (κ3) is 5.26. The van der Waals surface area contributed by atoms with Crippen molar-refractivity contribution in [3.8, 4) is 22.6 Å². The first-order valence-electron chi connectivity index (χ1n) is 21.2. The predicted molar refractivity (Wildman–Crippen MR) is 253 cm³/mol. The third-order valence-electron chi connectivity index (χ3n) is 13.2. The molecule has 8 aromatic carbocycles. The van der Waals surface area contributed by atoms with Crippen LogP contribution in [0.2, 0.25) is 0 Å². The van der Waals surface area contributed by atoms with Crippen molar-refractivity contribution in [3.63, 3.8) is 0 Å². The highest BCUT2D eigenvalue weighted by Gasteiger charge is 2.47. The first kappa shape index (κ1) is 35.3. The van der Waals surface area contributed by atoms with E-state index in [0.717, 1.165) is 39.8 Å². The summed E-state index contributed by atoms with van der Waals surface area (Å²) in [6, 6.07) is 51.3. The van der Waals surface area contributed by atoms with E-state index >= 15 is 0 Å². The first-order valence-corrected chi connectivity index (χ1v) is 21.2. The Morgan fingerprint density at radius 2 is 1.35 bits per heavy atom. The summed E-state index contributed by atoms with van der Waals surface area (Å²) < 4.78 is 7.18. The van der Waals surface area contributed by atoms with E-state index in [9.17, 15) is 0 Å². The van der Waals surface area contributed by atoms with Crippen molar-refractivity contribution in [2.75, 3.05) is 10.0 Å². The van der Waals surface area contributed by atoms with Crippen molar-refractivity contribution in [1.82, 2.24) is 5.43 Å². The van der Waals surface area contributed by atoms with Crippen LogP contribution in [0.1, 0.15) is 52.7 Å². The molecule has 0 amide bonds. The number of nitrogens with zero attached hydrogens (tertiary/aromatic N) is 3. The average molecular weight is 777 g/mol. The van der Waals surface area contributed by atoms with E-state index in [0.29, 0.717) is 0 Å². The lowest BCUT2D eigenvalue weighted by molar-refractivity contribution is 0.483. The molecule has 0 saturated carbocycles. The van der Waals surface area contributed by atoms with Gasteiger partial charge in [-0.3, -0.25) is 0 Å². The molecule has 3 heterocycles. The van der Waals surface area contributed by atoms with Crippen LogP contribution in [0.25, 0.3) is 43.4 Å². The van der Waals surface area contributed by atoms with Crippen LogP contribution in [0.5, 0.6) is 11.5 Å². The quantitative estimate of drug-likeness (QED) is 0.143. The molecule has 1 aliphatic carbocycles. The SMILES string of the molecule is CC(C)(C)c1ccc(N2N=C3C=C4B5c6ccc(-c7ccc8ccc9cccc%10ccc7c8c9%10)cc6Oc6cc(C(C)(C)C)cc(c65)N(c5ccccc5)C4=CC3N2)cc1. The Bertz CT molecular complexity index is 3170. The average Bonchev–Trinajstić information content (AvgIpc) is 3.67. The van der Waals surface area contributed by atoms with Crippen LogP contribution in [-0.2, 0) is 10.8 Å². The fourth-order valence-electron chi connectivity index (χ4n) is 10.0. The molecule has 0 saturated heterocycles. The van der Waals surface area contributed by atoms with E-state index in [1.807, 2.05) is 5.12 Å². The summed E-state index contributed by atoms with van der Waals surface area (Å²) in [6.45, 7) is 13.6. The molecule has 60 heavy (non-hydrogen) atoms. The summed E-state index contributed by atoms with van der Waals surface area (Å²) in [5.74, 6) is 1.81. The third-order valence-corrected chi connectivity index (χ3v) is 13.2. The zero-order chi connectivity index (χ0) is 40.7. The molecule has 290 valence electrons. The van der Waals surface area contributed by atoms with Crippen LogP contribution in [0.3, 0.4) is 0 Å². The zero-order valence-electron chi connectivity index (χ0n) is 34.8. The predicted octanol–water partition coefficient (Wildman–Crippen LogP) is 11.8. The summed E-state index contributed by atoms with van der Waals surface area (Å²) in [6.07, 6.45) is 4.72. The standard InChI is InChI=1S/C54H45BN4O/c1-53(2,3)36-20-22-39(23-21-36)59-56-44-30-43-46(31-45(44)57-59)58(38-13-8-7-9-14-38)47-28-37(54(4,5)6)29-49-52(47)55(43)42-26-19-35(27-48(42)60-49)40-24-17-34-16-15-32-11-10-12-33-18-25-41(40)51(34)50(32)33/h7-31,45,57H,1-6H3. The van der Waals surface area contributed by atoms with Crippen LogP contribution in [0, 0.1) is 0 Å². The maximum atomic E-state index is 7.18. The van der Waals surface area contributed by atoms with Crippen LogP contribution < -0.4 is 31.1 Å². The van der Waals surface area contributed by atoms with Crippen molar-refractivity contribution >= 4 is 72.7 Å². The molecule has 1 unspecified atom stereocenters. The topological polar surface area (TPSA) is 40.1 Å². The van der Waals surface area contributed by atoms with Crippen molar-refractivity contribution in [2.24, 2.45) is 5.10 Å². The molecular weight excluding hydrogens is 731 g/mol. The molecule has 0 radical (unpaired) electrons. The van der Waals surface area contributed by atoms with E-state index in [4.69, 9.17) is 9.84 Å². The minimum atomic E-state index is -0.108. The van der Waals surface area contributed by atoms with Gasteiger partial charge >= 0.3 is 0 Å². The summed E-state index contributed by atoms with van der Waals surface area (Å²) in [7, 11) is 0. The lowest BCUT2D eigenvalue weighted by Gasteiger charge is -2.44. The van der Waals surface area contributed by atoms with E-state index in [2.05, 4.69) is 204 Å². The largest absolute Gasteiger partial charge is 0.458 e. The number of anilines is 3. The Hall–Kier alpha value is -6.63. The summed E-state index contributed by atoms with van der Waals surface area (Å²) in [5.41, 5.74) is 17.6. The minimum absolute atomic E-state index is 0.0573. The number of benzene rings is 8. The number of hydrazone groups is 1. The molecule has 8 aromatic rings. The van der Waals surface area contributed by atoms with Crippen molar-refractivity contribution in [1.29, 1.82) is 0 Å². The van der Waals surface area contributed by atoms with E-state index in [1.165, 1.54) is 71.1 Å². The summed E-state index contributed by atoms with van der Waals surface area (Å²) >= 11 is 0. The van der Waals surface area contributed by atoms with Gasteiger partial charge in [-0.25, -0.2) is 0 Å². The zero-order valence-corrected chi connectivity index (χ0v) is 34.8. The molecule has 5 nitrogen and oxygen atoms in total. The van der Waals surface area contributed by atoms with Crippen LogP contribution in [0.4, 0.5) is 17.1 Å². The molecule has 0 aromatic heterocycles. The van der Waals surface area contributed by atoms with Gasteiger partial charge in [-0.05, 0) is 136 Å². The highest BCUT2D eigenvalue weighted by Crippen LogP contribution is 2.47. The number of nitrogens with one attached hydrogen (secondary N) is 1. The fourth-order valence-corrected chi connectivity index (χ4v) is 10.0. The second-order valence-corrected chi connectivity index (χ2v) is 19.0. The van der Waals surface area contributed by atoms with E-state index in [1.54, 1.807) is 0 Å². The minimum Gasteiger partial charge on any atom is -0.458 e. The maximum absolute atomic E-state index is 7.18. The Balaban J connectivity index is 1.05. The molecule has 3 aliphatic heterocycles. The number of hydrazine groups is 1. The van der Waals surface area contributed by atoms with Gasteiger partial charge in [0.25, 0.3) is 6.71 Å². The molecule has 0 spiro atoms. The lowest BCUT2D eigenvalue weighted by atomic mass is 9.32. The van der Waals surface area contributed by atoms with Gasteiger partial charge in [0.1, 0.15) is 11.5 Å². The number of para-hydroxylation sites is 1. The maximum Gasteiger partial charge on any atom is 0.256 e. The van der Waals surface area contributed by atoms with Gasteiger partial charge in [-0.1, -0.05) is 139 Å². The monoisotopic (exact) mass is 776 g/mol. The number of ether oxygens (including phenoxy) is 1. The van der Waals surface area contributed by atoms with Gasteiger partial charge in [-0.2, -0.15) is 15.6 Å². The number of hydrogen-bond acceptors (Lipinski definition) is 5. The molecular formula is C54H45BN4O. The normalized spacial score (nSPS) is 16.9. The fraction of sp³-hybridized carbons (Fsp3) is 0.167. The molecule has 4 aliphatic rings. The van der Waals surface area contributed by atoms with E-state index < -0.39 is 0 Å². The molecule has 0 fully saturated rings. The van der Waals surface area contributed by atoms with Gasteiger partial charge < -0.3 is 9.64 Å². The van der Waals surface area contributed by atoms with Gasteiger partial charge in [0, 0.05) is 17.1 Å². The summed E-state index contributed by atoms with van der Waals surface area (Å²) in [4.78, 5) is 2.45. The molecule has 6 heteroatoms. The van der Waals surface area contributed by atoms with Crippen molar-refractivity contribution in [3.05, 3.63) is 174 Å². The van der Waals surface area contributed by atoms with Crippen LogP contribution in [-0.4, -0.2) is 18.5 Å². The smallest absolute Gasteiger partial charge is 0.256 e. The van der Waals surface area contributed by atoms with Crippen molar-refractivity contribution in [2.45, 2.75) is 58.4 Å². The number of rotatable bonds is 3. The lowest BCUT2D eigenvalue weighted by Crippen LogP contribution is -2.56. The second-order valence-electron chi connectivity index (χ2n) is 19.0. The van der Waals surface area contributed by atoms with Crippen LogP contribution in [0.15, 0.2) is 168 Å². The molecule has 12 rings (SSSR count). The Morgan fingerprint density at radius 3 is 2.10 bits per heavy atom. The Labute approximate surface area is 351 Å². The summed E-state index contributed by atoms with van der Waals surface area (Å²) in [5, 5.41) is 14.9. The number of hydrogen-bond donors (Lipinski definition) is 1. The molecule has 1 N–H and O–H groups in total. The Morgan fingerprint density at radius 1 is 0.633 bits per heavy atom.